The van der Waals surface area contributed by atoms with Crippen LogP contribution < -0.4 is 5.32 Å². The van der Waals surface area contributed by atoms with Gasteiger partial charge in [0, 0.05) is 7.05 Å². The quantitative estimate of drug-likeness (QED) is 0.903. The zero-order valence-electron chi connectivity index (χ0n) is 10.6. The highest BCUT2D eigenvalue weighted by Crippen LogP contribution is 2.25. The molecule has 1 aromatic carbocycles. The summed E-state index contributed by atoms with van der Waals surface area (Å²) in [5.74, 6) is -0.986. The average Bonchev–Trinajstić information content (AvgIpc) is 2.73. The van der Waals surface area contributed by atoms with Crippen LogP contribution in [0.3, 0.4) is 0 Å². The molecule has 0 aliphatic carbocycles. The number of anilines is 1. The molecule has 6 heteroatoms. The molecule has 0 atom stereocenters. The van der Waals surface area contributed by atoms with Crippen LogP contribution in [0.25, 0.3) is 0 Å². The fourth-order valence-corrected chi connectivity index (χ4v) is 2.01. The van der Waals surface area contributed by atoms with Crippen molar-refractivity contribution < 1.29 is 9.90 Å². The molecule has 0 spiro atoms. The molecule has 1 aromatic heterocycles. The third-order valence-corrected chi connectivity index (χ3v) is 3.43. The van der Waals surface area contributed by atoms with Crippen LogP contribution in [0.5, 0.6) is 0 Å². The molecule has 0 unspecified atom stereocenters. The zero-order valence-corrected chi connectivity index (χ0v) is 11.4. The van der Waals surface area contributed by atoms with Crippen LogP contribution in [0.4, 0.5) is 5.69 Å². The predicted octanol–water partition coefficient (Wildman–Crippen LogP) is 2.69. The van der Waals surface area contributed by atoms with Gasteiger partial charge in [-0.2, -0.15) is 5.10 Å². The molecule has 19 heavy (non-hydrogen) atoms. The minimum absolute atomic E-state index is 0.193. The van der Waals surface area contributed by atoms with Crippen molar-refractivity contribution in [2.24, 2.45) is 7.05 Å². The first-order chi connectivity index (χ1) is 9.00. The molecule has 2 aromatic rings. The second kappa shape index (κ2) is 5.32. The lowest BCUT2D eigenvalue weighted by atomic mass is 10.2. The van der Waals surface area contributed by atoms with E-state index in [0.717, 1.165) is 11.3 Å². The first kappa shape index (κ1) is 13.4. The third-order valence-electron chi connectivity index (χ3n) is 2.93. The van der Waals surface area contributed by atoms with E-state index in [1.807, 2.05) is 25.1 Å². The van der Waals surface area contributed by atoms with E-state index in [2.05, 4.69) is 10.4 Å². The van der Waals surface area contributed by atoms with E-state index in [4.69, 9.17) is 16.7 Å². The van der Waals surface area contributed by atoms with Crippen LogP contribution in [0.2, 0.25) is 5.02 Å². The summed E-state index contributed by atoms with van der Waals surface area (Å²) in [4.78, 5) is 11.1. The molecule has 0 radical (unpaired) electrons. The van der Waals surface area contributed by atoms with E-state index >= 15 is 0 Å². The van der Waals surface area contributed by atoms with Gasteiger partial charge in [0.2, 0.25) is 0 Å². The number of nitrogens with one attached hydrogen (secondary N) is 1. The SMILES string of the molecule is Cc1cccc(NCc2c(C(=O)O)cnn2C)c1Cl. The number of rotatable bonds is 4. The summed E-state index contributed by atoms with van der Waals surface area (Å²) in [7, 11) is 1.71. The molecule has 0 saturated heterocycles. The first-order valence-corrected chi connectivity index (χ1v) is 6.11. The first-order valence-electron chi connectivity index (χ1n) is 5.74. The highest BCUT2D eigenvalue weighted by atomic mass is 35.5. The van der Waals surface area contributed by atoms with Gasteiger partial charge in [-0.05, 0) is 18.6 Å². The number of aromatic nitrogens is 2. The van der Waals surface area contributed by atoms with E-state index in [9.17, 15) is 4.79 Å². The average molecular weight is 280 g/mol. The second-order valence-corrected chi connectivity index (χ2v) is 4.60. The Morgan fingerprint density at radius 3 is 2.95 bits per heavy atom. The van der Waals surface area contributed by atoms with Crippen LogP contribution in [-0.2, 0) is 13.6 Å². The van der Waals surface area contributed by atoms with Gasteiger partial charge in [0.1, 0.15) is 5.56 Å². The maximum atomic E-state index is 11.1. The summed E-state index contributed by atoms with van der Waals surface area (Å²) in [5.41, 5.74) is 2.54. The molecule has 0 amide bonds. The smallest absolute Gasteiger partial charge is 0.339 e. The number of aromatic carboxylic acids is 1. The Balaban J connectivity index is 2.21. The summed E-state index contributed by atoms with van der Waals surface area (Å²) in [6.45, 7) is 2.27. The lowest BCUT2D eigenvalue weighted by Crippen LogP contribution is -2.10. The van der Waals surface area contributed by atoms with E-state index in [0.29, 0.717) is 17.3 Å². The Hall–Kier alpha value is -2.01. The minimum Gasteiger partial charge on any atom is -0.478 e. The van der Waals surface area contributed by atoms with Crippen LogP contribution in [-0.4, -0.2) is 20.9 Å². The number of nitrogens with zero attached hydrogens (tertiary/aromatic N) is 2. The zero-order chi connectivity index (χ0) is 14.0. The Morgan fingerprint density at radius 1 is 1.53 bits per heavy atom. The van der Waals surface area contributed by atoms with Crippen molar-refractivity contribution in [3.63, 3.8) is 0 Å². The maximum Gasteiger partial charge on any atom is 0.339 e. The van der Waals surface area contributed by atoms with Gasteiger partial charge >= 0.3 is 5.97 Å². The topological polar surface area (TPSA) is 67.2 Å². The Kier molecular flexibility index (Phi) is 3.76. The number of halogens is 1. The fraction of sp³-hybridized carbons (Fsp3) is 0.231. The molecule has 0 aliphatic heterocycles. The van der Waals surface area contributed by atoms with Crippen molar-refractivity contribution in [3.8, 4) is 0 Å². The van der Waals surface area contributed by atoms with Gasteiger partial charge in [0.25, 0.3) is 0 Å². The van der Waals surface area contributed by atoms with E-state index in [1.165, 1.54) is 6.20 Å². The standard InChI is InChI=1S/C13H14ClN3O2/c1-8-4-3-5-10(12(8)14)15-7-11-9(13(18)19)6-16-17(11)2/h3-6,15H,7H2,1-2H3,(H,18,19). The van der Waals surface area contributed by atoms with Gasteiger partial charge in [-0.3, -0.25) is 4.68 Å². The van der Waals surface area contributed by atoms with Gasteiger partial charge in [0.05, 0.1) is 29.1 Å². The highest BCUT2D eigenvalue weighted by Gasteiger charge is 2.15. The molecule has 1 heterocycles. The van der Waals surface area contributed by atoms with Crippen molar-refractivity contribution in [1.82, 2.24) is 9.78 Å². The Morgan fingerprint density at radius 2 is 2.26 bits per heavy atom. The molecule has 2 rings (SSSR count). The molecule has 0 aliphatic rings. The van der Waals surface area contributed by atoms with Gasteiger partial charge in [-0.1, -0.05) is 23.7 Å². The van der Waals surface area contributed by atoms with Crippen molar-refractivity contribution in [2.45, 2.75) is 13.5 Å². The van der Waals surface area contributed by atoms with E-state index in [1.54, 1.807) is 11.7 Å². The molecule has 0 bridgehead atoms. The number of carboxylic acids is 1. The number of benzene rings is 1. The molecule has 100 valence electrons. The van der Waals surface area contributed by atoms with Crippen LogP contribution in [0.15, 0.2) is 24.4 Å². The minimum atomic E-state index is -0.986. The lowest BCUT2D eigenvalue weighted by Gasteiger charge is -2.10. The number of carbonyl (C=O) groups is 1. The number of aryl methyl sites for hydroxylation is 2. The van der Waals surface area contributed by atoms with Gasteiger partial charge in [-0.25, -0.2) is 4.79 Å². The summed E-state index contributed by atoms with van der Waals surface area (Å²) < 4.78 is 1.54. The maximum absolute atomic E-state index is 11.1. The van der Waals surface area contributed by atoms with Crippen molar-refractivity contribution in [3.05, 3.63) is 46.2 Å². The van der Waals surface area contributed by atoms with Crippen molar-refractivity contribution in [1.29, 1.82) is 0 Å². The highest BCUT2D eigenvalue weighted by molar-refractivity contribution is 6.33. The second-order valence-electron chi connectivity index (χ2n) is 4.22. The largest absolute Gasteiger partial charge is 0.478 e. The molecule has 5 nitrogen and oxygen atoms in total. The predicted molar refractivity (Wildman–Crippen MR) is 73.7 cm³/mol. The van der Waals surface area contributed by atoms with Gasteiger partial charge in [0.15, 0.2) is 0 Å². The molecular formula is C13H14ClN3O2. The molecule has 0 saturated carbocycles. The monoisotopic (exact) mass is 279 g/mol. The number of hydrogen-bond donors (Lipinski definition) is 2. The van der Waals surface area contributed by atoms with Crippen molar-refractivity contribution >= 4 is 23.3 Å². The van der Waals surface area contributed by atoms with Crippen molar-refractivity contribution in [2.75, 3.05) is 5.32 Å². The lowest BCUT2D eigenvalue weighted by molar-refractivity contribution is 0.0695. The fourth-order valence-electron chi connectivity index (χ4n) is 1.81. The molecular weight excluding hydrogens is 266 g/mol. The number of carboxylic acid groups (broad SMARTS) is 1. The summed E-state index contributed by atoms with van der Waals surface area (Å²) in [6, 6.07) is 5.66. The van der Waals surface area contributed by atoms with E-state index < -0.39 is 5.97 Å². The van der Waals surface area contributed by atoms with E-state index in [-0.39, 0.29) is 5.56 Å². The molecule has 0 fully saturated rings. The normalized spacial score (nSPS) is 10.5. The summed E-state index contributed by atoms with van der Waals surface area (Å²) >= 11 is 6.17. The Labute approximate surface area is 115 Å². The third kappa shape index (κ3) is 2.71. The van der Waals surface area contributed by atoms with Crippen LogP contribution in [0.1, 0.15) is 21.6 Å². The van der Waals surface area contributed by atoms with Gasteiger partial charge < -0.3 is 10.4 Å². The molecule has 2 N–H and O–H groups in total. The van der Waals surface area contributed by atoms with Crippen LogP contribution in [0, 0.1) is 6.92 Å². The van der Waals surface area contributed by atoms with Gasteiger partial charge in [-0.15, -0.1) is 0 Å². The summed E-state index contributed by atoms with van der Waals surface area (Å²) in [6.07, 6.45) is 1.34. The number of hydrogen-bond acceptors (Lipinski definition) is 3. The summed E-state index contributed by atoms with van der Waals surface area (Å²) in [5, 5.41) is 16.8. The Bertz CT molecular complexity index is 622. The van der Waals surface area contributed by atoms with Crippen LogP contribution >= 0.6 is 11.6 Å².